The first kappa shape index (κ1) is 16.0. The van der Waals surface area contributed by atoms with Crippen LogP contribution in [0.15, 0.2) is 30.3 Å². The van der Waals surface area contributed by atoms with Gasteiger partial charge in [0.1, 0.15) is 0 Å². The van der Waals surface area contributed by atoms with Crippen LogP contribution in [0.1, 0.15) is 50.5 Å². The number of carbonyl (C=O) groups is 1. The van der Waals surface area contributed by atoms with Crippen molar-refractivity contribution >= 4 is 5.91 Å². The molecule has 21 heavy (non-hydrogen) atoms. The van der Waals surface area contributed by atoms with E-state index < -0.39 is 0 Å². The summed E-state index contributed by atoms with van der Waals surface area (Å²) in [5, 5.41) is 0. The number of likely N-dealkylation sites (tertiary alicyclic amines) is 1. The zero-order valence-electron chi connectivity index (χ0n) is 13.1. The third-order valence-corrected chi connectivity index (χ3v) is 4.59. The summed E-state index contributed by atoms with van der Waals surface area (Å²) in [7, 11) is 0. The van der Waals surface area contributed by atoms with Crippen molar-refractivity contribution in [3.8, 4) is 0 Å². The predicted molar refractivity (Wildman–Crippen MR) is 87.1 cm³/mol. The van der Waals surface area contributed by atoms with Gasteiger partial charge in [-0.2, -0.15) is 0 Å². The lowest BCUT2D eigenvalue weighted by Crippen LogP contribution is -2.38. The monoisotopic (exact) mass is 288 g/mol. The molecule has 1 aliphatic rings. The van der Waals surface area contributed by atoms with E-state index in [0.29, 0.717) is 6.54 Å². The van der Waals surface area contributed by atoms with Gasteiger partial charge in [-0.05, 0) is 30.7 Å². The Labute approximate surface area is 128 Å². The second kappa shape index (κ2) is 8.18. The van der Waals surface area contributed by atoms with E-state index in [4.69, 9.17) is 5.73 Å². The minimum atomic E-state index is -0.186. The molecule has 0 bridgehead atoms. The largest absolute Gasteiger partial charge is 0.342 e. The van der Waals surface area contributed by atoms with Crippen LogP contribution in [0.4, 0.5) is 0 Å². The van der Waals surface area contributed by atoms with Gasteiger partial charge in [0.2, 0.25) is 5.91 Å². The zero-order chi connectivity index (χ0) is 15.1. The van der Waals surface area contributed by atoms with Crippen molar-refractivity contribution in [2.24, 2.45) is 11.7 Å². The average molecular weight is 288 g/mol. The van der Waals surface area contributed by atoms with Crippen molar-refractivity contribution in [1.82, 2.24) is 4.90 Å². The Morgan fingerprint density at radius 2 is 2.05 bits per heavy atom. The van der Waals surface area contributed by atoms with Crippen molar-refractivity contribution in [3.05, 3.63) is 35.9 Å². The number of carbonyl (C=O) groups excluding carboxylic acids is 1. The number of amides is 1. The van der Waals surface area contributed by atoms with Crippen molar-refractivity contribution in [2.75, 3.05) is 19.6 Å². The van der Waals surface area contributed by atoms with Crippen LogP contribution in [-0.2, 0) is 4.79 Å². The Kier molecular flexibility index (Phi) is 6.24. The van der Waals surface area contributed by atoms with Gasteiger partial charge >= 0.3 is 0 Å². The van der Waals surface area contributed by atoms with E-state index in [2.05, 4.69) is 6.92 Å². The van der Waals surface area contributed by atoms with Crippen LogP contribution < -0.4 is 5.73 Å². The summed E-state index contributed by atoms with van der Waals surface area (Å²) in [5.74, 6) is 0.815. The van der Waals surface area contributed by atoms with Gasteiger partial charge in [-0.25, -0.2) is 0 Å². The molecule has 2 unspecified atom stereocenters. The maximum atomic E-state index is 12.8. The third kappa shape index (κ3) is 4.31. The second-order valence-electron chi connectivity index (χ2n) is 6.11. The van der Waals surface area contributed by atoms with Gasteiger partial charge < -0.3 is 10.6 Å². The highest BCUT2D eigenvalue weighted by molar-refractivity contribution is 5.84. The highest BCUT2D eigenvalue weighted by atomic mass is 16.2. The summed E-state index contributed by atoms with van der Waals surface area (Å²) >= 11 is 0. The van der Waals surface area contributed by atoms with Gasteiger partial charge in [-0.1, -0.05) is 50.1 Å². The Bertz CT molecular complexity index is 432. The van der Waals surface area contributed by atoms with Crippen LogP contribution in [0.3, 0.4) is 0 Å². The minimum Gasteiger partial charge on any atom is -0.342 e. The molecule has 1 aromatic rings. The molecule has 0 aromatic heterocycles. The molecular weight excluding hydrogens is 260 g/mol. The molecule has 1 amide bonds. The molecule has 3 nitrogen and oxygen atoms in total. The van der Waals surface area contributed by atoms with Gasteiger partial charge in [0, 0.05) is 19.6 Å². The maximum absolute atomic E-state index is 12.8. The van der Waals surface area contributed by atoms with Crippen LogP contribution in [0.2, 0.25) is 0 Å². The molecular formula is C18H28N2O. The van der Waals surface area contributed by atoms with Crippen LogP contribution >= 0.6 is 0 Å². The van der Waals surface area contributed by atoms with Crippen molar-refractivity contribution in [1.29, 1.82) is 0 Å². The molecule has 2 rings (SSSR count). The Balaban J connectivity index is 2.01. The van der Waals surface area contributed by atoms with E-state index in [1.807, 2.05) is 35.2 Å². The van der Waals surface area contributed by atoms with E-state index in [-0.39, 0.29) is 11.8 Å². The Hall–Kier alpha value is -1.35. The molecule has 0 aliphatic carbocycles. The van der Waals surface area contributed by atoms with E-state index in [1.54, 1.807) is 0 Å². The fraction of sp³-hybridized carbons (Fsp3) is 0.611. The number of hydrogen-bond acceptors (Lipinski definition) is 2. The van der Waals surface area contributed by atoms with E-state index in [9.17, 15) is 4.79 Å². The molecule has 3 heteroatoms. The molecule has 1 saturated heterocycles. The van der Waals surface area contributed by atoms with Crippen molar-refractivity contribution < 1.29 is 4.79 Å². The fourth-order valence-corrected chi connectivity index (χ4v) is 3.37. The summed E-state index contributed by atoms with van der Waals surface area (Å²) in [4.78, 5) is 14.8. The summed E-state index contributed by atoms with van der Waals surface area (Å²) in [5.41, 5.74) is 6.92. The minimum absolute atomic E-state index is 0.186. The number of nitrogens with two attached hydrogens (primary N) is 1. The Morgan fingerprint density at radius 3 is 2.71 bits per heavy atom. The normalized spacial score (nSPS) is 20.9. The van der Waals surface area contributed by atoms with Crippen molar-refractivity contribution in [2.45, 2.75) is 44.9 Å². The molecule has 1 fully saturated rings. The molecule has 1 heterocycles. The SMILES string of the molecule is CCCC1CCCN(C(=O)C(CN)c2ccccc2)CC1. The van der Waals surface area contributed by atoms with Gasteiger partial charge in [0.15, 0.2) is 0 Å². The smallest absolute Gasteiger partial charge is 0.231 e. The summed E-state index contributed by atoms with van der Waals surface area (Å²) in [6, 6.07) is 9.94. The topological polar surface area (TPSA) is 46.3 Å². The molecule has 2 N–H and O–H groups in total. The van der Waals surface area contributed by atoms with Gasteiger partial charge in [0.05, 0.1) is 5.92 Å². The lowest BCUT2D eigenvalue weighted by molar-refractivity contribution is -0.132. The molecule has 0 saturated carbocycles. The lowest BCUT2D eigenvalue weighted by Gasteiger charge is -2.26. The zero-order valence-corrected chi connectivity index (χ0v) is 13.1. The molecule has 0 radical (unpaired) electrons. The lowest BCUT2D eigenvalue weighted by atomic mass is 9.96. The third-order valence-electron chi connectivity index (χ3n) is 4.59. The summed E-state index contributed by atoms with van der Waals surface area (Å²) in [6.45, 7) is 4.42. The second-order valence-corrected chi connectivity index (χ2v) is 6.11. The number of benzene rings is 1. The summed E-state index contributed by atoms with van der Waals surface area (Å²) in [6.07, 6.45) is 6.07. The first-order valence-electron chi connectivity index (χ1n) is 8.30. The average Bonchev–Trinajstić information content (AvgIpc) is 2.75. The molecule has 1 aromatic carbocycles. The first-order chi connectivity index (χ1) is 10.3. The van der Waals surface area contributed by atoms with Gasteiger partial charge in [-0.15, -0.1) is 0 Å². The first-order valence-corrected chi connectivity index (χ1v) is 8.30. The van der Waals surface area contributed by atoms with Gasteiger partial charge in [-0.3, -0.25) is 4.79 Å². The van der Waals surface area contributed by atoms with E-state index in [1.165, 1.54) is 19.3 Å². The van der Waals surface area contributed by atoms with Crippen molar-refractivity contribution in [3.63, 3.8) is 0 Å². The quantitative estimate of drug-likeness (QED) is 0.904. The number of rotatable bonds is 5. The van der Waals surface area contributed by atoms with E-state index >= 15 is 0 Å². The highest BCUT2D eigenvalue weighted by Gasteiger charge is 2.26. The summed E-state index contributed by atoms with van der Waals surface area (Å²) < 4.78 is 0. The van der Waals surface area contributed by atoms with Crippen LogP contribution in [-0.4, -0.2) is 30.4 Å². The number of hydrogen-bond donors (Lipinski definition) is 1. The molecule has 116 valence electrons. The molecule has 0 spiro atoms. The molecule has 1 aliphatic heterocycles. The highest BCUT2D eigenvalue weighted by Crippen LogP contribution is 2.24. The van der Waals surface area contributed by atoms with Gasteiger partial charge in [0.25, 0.3) is 0 Å². The van der Waals surface area contributed by atoms with Crippen LogP contribution in [0, 0.1) is 5.92 Å². The van der Waals surface area contributed by atoms with Crippen LogP contribution in [0.25, 0.3) is 0 Å². The standard InChI is InChI=1S/C18H28N2O/c1-2-7-15-8-6-12-20(13-11-15)18(21)17(14-19)16-9-4-3-5-10-16/h3-5,9-10,15,17H,2,6-8,11-14,19H2,1H3. The van der Waals surface area contributed by atoms with Crippen LogP contribution in [0.5, 0.6) is 0 Å². The van der Waals surface area contributed by atoms with E-state index in [0.717, 1.165) is 37.4 Å². The number of nitrogens with zero attached hydrogens (tertiary/aromatic N) is 1. The molecule has 2 atom stereocenters. The Morgan fingerprint density at radius 1 is 1.29 bits per heavy atom. The predicted octanol–water partition coefficient (Wildman–Crippen LogP) is 3.16. The fourth-order valence-electron chi connectivity index (χ4n) is 3.37. The maximum Gasteiger partial charge on any atom is 0.231 e.